The molecule has 0 aromatic rings. The van der Waals surface area contributed by atoms with Crippen LogP contribution in [0.2, 0.25) is 0 Å². The summed E-state index contributed by atoms with van der Waals surface area (Å²) in [4.78, 5) is 80.3. The standard InChI is InChI=1S/4C5H8O2.Zr/c4*1-4(6)3-5(2)7;/h4*3H2,1-2H3;/q;;;;+2. The fourth-order valence-corrected chi connectivity index (χ4v) is 1.40. The van der Waals surface area contributed by atoms with Crippen LogP contribution in [-0.2, 0) is 64.6 Å². The van der Waals surface area contributed by atoms with Crippen LogP contribution >= 0.6 is 0 Å². The summed E-state index contributed by atoms with van der Waals surface area (Å²) in [6.07, 6.45) is 0.333. The number of ketones is 8. The van der Waals surface area contributed by atoms with E-state index in [0.717, 1.165) is 0 Å². The van der Waals surface area contributed by atoms with Gasteiger partial charge in [-0.05, 0) is 55.4 Å². The molecule has 0 N–H and O–H groups in total. The molecule has 0 aliphatic heterocycles. The second kappa shape index (κ2) is 24.3. The Kier molecular flexibility index (Phi) is 31.8. The molecule has 0 heterocycles. The Balaban J connectivity index is -0.0000000873. The van der Waals surface area contributed by atoms with Crippen LogP contribution in [0, 0.1) is 0 Å². The van der Waals surface area contributed by atoms with Crippen molar-refractivity contribution in [3.8, 4) is 0 Å². The van der Waals surface area contributed by atoms with Crippen LogP contribution in [0.15, 0.2) is 0 Å². The summed E-state index contributed by atoms with van der Waals surface area (Å²) in [7, 11) is 0. The maximum Gasteiger partial charge on any atom is 2.00 e. The van der Waals surface area contributed by atoms with Crippen LogP contribution in [0.1, 0.15) is 81.1 Å². The van der Waals surface area contributed by atoms with E-state index in [1.54, 1.807) is 0 Å². The van der Waals surface area contributed by atoms with Gasteiger partial charge in [0, 0.05) is 0 Å². The van der Waals surface area contributed by atoms with Crippen molar-refractivity contribution in [2.75, 3.05) is 0 Å². The van der Waals surface area contributed by atoms with Gasteiger partial charge in [0.25, 0.3) is 0 Å². The minimum absolute atomic E-state index is 0. The summed E-state index contributed by atoms with van der Waals surface area (Å²) in [5.41, 5.74) is 0. The van der Waals surface area contributed by atoms with Crippen molar-refractivity contribution < 1.29 is 64.6 Å². The molecular weight excluding hydrogens is 459 g/mol. The summed E-state index contributed by atoms with van der Waals surface area (Å²) in [6, 6.07) is 0. The predicted molar refractivity (Wildman–Crippen MR) is 104 cm³/mol. The van der Waals surface area contributed by atoms with Gasteiger partial charge in [-0.3, -0.25) is 38.4 Å². The van der Waals surface area contributed by atoms with Gasteiger partial charge in [-0.2, -0.15) is 0 Å². The van der Waals surface area contributed by atoms with Crippen molar-refractivity contribution in [2.24, 2.45) is 0 Å². The molecule has 0 saturated carbocycles. The maximum atomic E-state index is 10.0. The van der Waals surface area contributed by atoms with Crippen molar-refractivity contribution in [3.05, 3.63) is 0 Å². The number of carbonyl (C=O) groups excluding carboxylic acids is 8. The molecule has 0 radical (unpaired) electrons. The van der Waals surface area contributed by atoms with E-state index in [-0.39, 0.29) is 98.2 Å². The molecule has 162 valence electrons. The number of Topliss-reactive ketones (excluding diaryl/α,β-unsaturated/α-hetero) is 8. The quantitative estimate of drug-likeness (QED) is 0.471. The minimum atomic E-state index is -0.0625. The second-order valence-corrected chi connectivity index (χ2v) is 6.32. The van der Waals surface area contributed by atoms with E-state index in [1.807, 2.05) is 0 Å². The van der Waals surface area contributed by atoms with Gasteiger partial charge in [-0.15, -0.1) is 0 Å². The van der Waals surface area contributed by atoms with Crippen molar-refractivity contribution in [2.45, 2.75) is 81.1 Å². The summed E-state index contributed by atoms with van der Waals surface area (Å²) >= 11 is 0. The molecule has 0 aliphatic carbocycles. The molecule has 0 spiro atoms. The van der Waals surface area contributed by atoms with E-state index in [9.17, 15) is 38.4 Å². The summed E-state index contributed by atoms with van der Waals surface area (Å²) in [5.74, 6) is -0.500. The molecule has 0 unspecified atom stereocenters. The zero-order valence-corrected chi connectivity index (χ0v) is 21.1. The van der Waals surface area contributed by atoms with Crippen LogP contribution < -0.4 is 0 Å². The molecular formula is C20H32O8Zr+2. The van der Waals surface area contributed by atoms with Gasteiger partial charge in [-0.25, -0.2) is 0 Å². The molecule has 8 nitrogen and oxygen atoms in total. The first-order valence-electron chi connectivity index (χ1n) is 8.46. The molecule has 9 heteroatoms. The average Bonchev–Trinajstić information content (AvgIpc) is 2.32. The van der Waals surface area contributed by atoms with Crippen molar-refractivity contribution in [1.82, 2.24) is 0 Å². The Morgan fingerprint density at radius 3 is 0.379 bits per heavy atom. The summed E-state index contributed by atoms with van der Waals surface area (Å²) in [5, 5.41) is 0. The first kappa shape index (κ1) is 37.9. The smallest absolute Gasteiger partial charge is 0.300 e. The molecule has 0 aromatic carbocycles. The van der Waals surface area contributed by atoms with E-state index in [0.29, 0.717) is 0 Å². The third-order valence-corrected chi connectivity index (χ3v) is 1.99. The van der Waals surface area contributed by atoms with Gasteiger partial charge in [0.05, 0.1) is 25.7 Å². The number of hydrogen-bond acceptors (Lipinski definition) is 8. The zero-order valence-electron chi connectivity index (χ0n) is 18.6. The van der Waals surface area contributed by atoms with E-state index >= 15 is 0 Å². The Labute approximate surface area is 191 Å². The first-order chi connectivity index (χ1) is 12.5. The predicted octanol–water partition coefficient (Wildman–Crippen LogP) is 2.22. The van der Waals surface area contributed by atoms with Crippen LogP contribution in [0.5, 0.6) is 0 Å². The number of rotatable bonds is 8. The van der Waals surface area contributed by atoms with Crippen molar-refractivity contribution in [3.63, 3.8) is 0 Å². The monoisotopic (exact) mass is 490 g/mol. The largest absolute Gasteiger partial charge is 2.00 e. The average molecular weight is 492 g/mol. The maximum absolute atomic E-state index is 10.0. The summed E-state index contributed by atoms with van der Waals surface area (Å²) in [6.45, 7) is 11.2. The van der Waals surface area contributed by atoms with Gasteiger partial charge in [0.15, 0.2) is 0 Å². The van der Waals surface area contributed by atoms with E-state index in [1.165, 1.54) is 55.4 Å². The van der Waals surface area contributed by atoms with Crippen molar-refractivity contribution >= 4 is 46.3 Å². The molecule has 0 saturated heterocycles. The van der Waals surface area contributed by atoms with Gasteiger partial charge < -0.3 is 0 Å². The Morgan fingerprint density at radius 2 is 0.379 bits per heavy atom. The fraction of sp³-hybridized carbons (Fsp3) is 0.600. The Bertz CT molecular complexity index is 439. The molecule has 0 fully saturated rings. The molecule has 0 rings (SSSR count). The fourth-order valence-electron chi connectivity index (χ4n) is 1.40. The molecule has 0 atom stereocenters. The van der Waals surface area contributed by atoms with Gasteiger partial charge in [0.1, 0.15) is 46.3 Å². The third-order valence-electron chi connectivity index (χ3n) is 1.99. The van der Waals surface area contributed by atoms with Crippen LogP contribution in [-0.4, -0.2) is 46.3 Å². The van der Waals surface area contributed by atoms with E-state index in [2.05, 4.69) is 0 Å². The first-order valence-corrected chi connectivity index (χ1v) is 8.46. The topological polar surface area (TPSA) is 137 Å². The molecule has 29 heavy (non-hydrogen) atoms. The number of carbonyl (C=O) groups is 8. The van der Waals surface area contributed by atoms with E-state index < -0.39 is 0 Å². The Morgan fingerprint density at radius 1 is 0.310 bits per heavy atom. The van der Waals surface area contributed by atoms with E-state index in [4.69, 9.17) is 0 Å². The zero-order chi connectivity index (χ0) is 23.4. The molecule has 0 aromatic heterocycles. The van der Waals surface area contributed by atoms with Gasteiger partial charge >= 0.3 is 26.2 Å². The van der Waals surface area contributed by atoms with Gasteiger partial charge in [0.2, 0.25) is 0 Å². The second-order valence-electron chi connectivity index (χ2n) is 6.32. The van der Waals surface area contributed by atoms with Crippen LogP contribution in [0.4, 0.5) is 0 Å². The van der Waals surface area contributed by atoms with Crippen molar-refractivity contribution in [1.29, 1.82) is 0 Å². The molecule has 0 bridgehead atoms. The number of hydrogen-bond donors (Lipinski definition) is 0. The third kappa shape index (κ3) is 76.0. The SMILES string of the molecule is CC(=O)CC(C)=O.CC(=O)CC(C)=O.CC(=O)CC(C)=O.CC(=O)CC(C)=O.[Zr+2]. The van der Waals surface area contributed by atoms with Gasteiger partial charge in [-0.1, -0.05) is 0 Å². The van der Waals surface area contributed by atoms with Crippen LogP contribution in [0.25, 0.3) is 0 Å². The molecule has 0 amide bonds. The normalized spacial score (nSPS) is 8.00. The Hall–Kier alpha value is -1.76. The van der Waals surface area contributed by atoms with Crippen LogP contribution in [0.3, 0.4) is 0 Å². The summed E-state index contributed by atoms with van der Waals surface area (Å²) < 4.78 is 0. The minimum Gasteiger partial charge on any atom is -0.300 e. The molecule has 0 aliphatic rings.